The van der Waals surface area contributed by atoms with E-state index in [1.54, 1.807) is 12.3 Å². The number of hydrogen-bond donors (Lipinski definition) is 4. The Morgan fingerprint density at radius 1 is 1.06 bits per heavy atom. The summed E-state index contributed by atoms with van der Waals surface area (Å²) in [5.74, 6) is 1.64. The average Bonchev–Trinajstić information content (AvgIpc) is 2.69. The smallest absolute Gasteiger partial charge is 0.262 e. The minimum absolute atomic E-state index is 0.116. The van der Waals surface area contributed by atoms with Crippen LogP contribution in [0.3, 0.4) is 0 Å². The van der Waals surface area contributed by atoms with Crippen molar-refractivity contribution < 1.29 is 10.2 Å². The Morgan fingerprint density at radius 3 is 2.58 bits per heavy atom. The van der Waals surface area contributed by atoms with Crippen LogP contribution in [0.1, 0.15) is 39.3 Å². The summed E-state index contributed by atoms with van der Waals surface area (Å²) >= 11 is 0. The third-order valence-electron chi connectivity index (χ3n) is 4.61. The molecular weight excluding hydrogens is 396 g/mol. The molecule has 3 aromatic heterocycles. The van der Waals surface area contributed by atoms with Gasteiger partial charge in [0, 0.05) is 36.6 Å². The number of aliphatic hydroxyl groups is 2. The van der Waals surface area contributed by atoms with Crippen LogP contribution in [0.2, 0.25) is 0 Å². The Morgan fingerprint density at radius 2 is 1.87 bits per heavy atom. The van der Waals surface area contributed by atoms with E-state index in [0.717, 1.165) is 30.3 Å². The summed E-state index contributed by atoms with van der Waals surface area (Å²) in [6.45, 7) is 6.27. The monoisotopic (exact) mass is 426 g/mol. The van der Waals surface area contributed by atoms with Gasteiger partial charge in [-0.2, -0.15) is 0 Å². The topological polar surface area (TPSA) is 125 Å². The average molecular weight is 427 g/mol. The Balaban J connectivity index is 1.99. The van der Waals surface area contributed by atoms with Crippen molar-refractivity contribution in [2.24, 2.45) is 0 Å². The van der Waals surface area contributed by atoms with E-state index in [4.69, 9.17) is 5.11 Å². The van der Waals surface area contributed by atoms with Crippen molar-refractivity contribution in [3.8, 4) is 0 Å². The molecule has 9 heteroatoms. The Kier molecular flexibility index (Phi) is 7.19. The molecule has 0 radical (unpaired) electrons. The molecule has 0 aliphatic heterocycles. The van der Waals surface area contributed by atoms with Crippen LogP contribution < -0.4 is 16.2 Å². The molecule has 3 rings (SSSR count). The second-order valence-corrected chi connectivity index (χ2v) is 8.43. The first kappa shape index (κ1) is 22.6. The van der Waals surface area contributed by atoms with E-state index in [1.807, 2.05) is 32.9 Å². The van der Waals surface area contributed by atoms with Crippen LogP contribution in [-0.4, -0.2) is 48.5 Å². The van der Waals surface area contributed by atoms with Crippen LogP contribution in [0.4, 0.5) is 17.5 Å². The fourth-order valence-corrected chi connectivity index (χ4v) is 3.25. The van der Waals surface area contributed by atoms with Crippen molar-refractivity contribution in [3.63, 3.8) is 0 Å². The molecule has 0 spiro atoms. The van der Waals surface area contributed by atoms with Gasteiger partial charge in [-0.15, -0.1) is 0 Å². The highest BCUT2D eigenvalue weighted by Gasteiger charge is 2.17. The number of unbranched alkanes of at least 4 members (excludes halogenated alkanes) is 1. The standard InChI is InChI=1S/C22H30N6O3/c1-22(2,3)27-20-19-15(7-8-28(9-11-30)21(19)31)12-18(26-20)25-17-13-16(23-14-24-17)6-4-5-10-29/h7-8,12-14,29-30H,4-6,9-11H2,1-3H3,(H2,23,24,25,26,27). The molecule has 0 unspecified atom stereocenters. The van der Waals surface area contributed by atoms with Gasteiger partial charge in [-0.3, -0.25) is 4.79 Å². The number of anilines is 3. The van der Waals surface area contributed by atoms with Crippen molar-refractivity contribution in [3.05, 3.63) is 46.8 Å². The van der Waals surface area contributed by atoms with Gasteiger partial charge in [-0.1, -0.05) is 0 Å². The van der Waals surface area contributed by atoms with Gasteiger partial charge in [0.1, 0.15) is 23.8 Å². The van der Waals surface area contributed by atoms with Crippen molar-refractivity contribution in [2.75, 3.05) is 23.8 Å². The number of pyridine rings is 2. The number of aryl methyl sites for hydroxylation is 1. The van der Waals surface area contributed by atoms with Crippen molar-refractivity contribution in [2.45, 2.75) is 52.1 Å². The number of nitrogens with zero attached hydrogens (tertiary/aromatic N) is 4. The maximum atomic E-state index is 13.0. The first-order valence-corrected chi connectivity index (χ1v) is 10.4. The Labute approximate surface area is 181 Å². The molecule has 4 N–H and O–H groups in total. The van der Waals surface area contributed by atoms with E-state index >= 15 is 0 Å². The van der Waals surface area contributed by atoms with Crippen LogP contribution in [-0.2, 0) is 13.0 Å². The lowest BCUT2D eigenvalue weighted by atomic mass is 10.1. The van der Waals surface area contributed by atoms with E-state index in [0.29, 0.717) is 22.8 Å². The largest absolute Gasteiger partial charge is 0.396 e. The maximum absolute atomic E-state index is 13.0. The lowest BCUT2D eigenvalue weighted by Crippen LogP contribution is -2.29. The summed E-state index contributed by atoms with van der Waals surface area (Å²) in [5, 5.41) is 26.0. The minimum Gasteiger partial charge on any atom is -0.396 e. The van der Waals surface area contributed by atoms with Gasteiger partial charge in [0.25, 0.3) is 5.56 Å². The SMILES string of the molecule is CC(C)(C)Nc1nc(Nc2cc(CCCCO)ncn2)cc2ccn(CCO)c(=O)c12. The second kappa shape index (κ2) is 9.84. The van der Waals surface area contributed by atoms with Gasteiger partial charge in [-0.05, 0) is 57.6 Å². The van der Waals surface area contributed by atoms with Gasteiger partial charge >= 0.3 is 0 Å². The molecule has 166 valence electrons. The highest BCUT2D eigenvalue weighted by molar-refractivity contribution is 5.93. The molecule has 3 aromatic rings. The van der Waals surface area contributed by atoms with Crippen LogP contribution in [0.5, 0.6) is 0 Å². The lowest BCUT2D eigenvalue weighted by Gasteiger charge is -2.23. The molecule has 0 amide bonds. The molecule has 0 saturated carbocycles. The molecule has 0 atom stereocenters. The molecule has 0 aliphatic carbocycles. The summed E-state index contributed by atoms with van der Waals surface area (Å²) in [4.78, 5) is 26.2. The van der Waals surface area contributed by atoms with E-state index in [1.165, 1.54) is 10.9 Å². The summed E-state index contributed by atoms with van der Waals surface area (Å²) < 4.78 is 1.48. The first-order valence-electron chi connectivity index (χ1n) is 10.4. The molecule has 0 saturated heterocycles. The van der Waals surface area contributed by atoms with Crippen LogP contribution in [0.25, 0.3) is 10.8 Å². The minimum atomic E-state index is -0.308. The Bertz CT molecular complexity index is 1090. The third-order valence-corrected chi connectivity index (χ3v) is 4.61. The Hall–Kier alpha value is -3.04. The summed E-state index contributed by atoms with van der Waals surface area (Å²) in [5.41, 5.74) is 0.370. The lowest BCUT2D eigenvalue weighted by molar-refractivity contribution is 0.274. The van der Waals surface area contributed by atoms with Crippen molar-refractivity contribution in [1.29, 1.82) is 0 Å². The number of hydrogen-bond acceptors (Lipinski definition) is 8. The molecule has 0 aliphatic rings. The van der Waals surface area contributed by atoms with Gasteiger partial charge in [0.15, 0.2) is 0 Å². The number of fused-ring (bicyclic) bond motifs is 1. The molecular formula is C22H30N6O3. The van der Waals surface area contributed by atoms with Crippen molar-refractivity contribution in [1.82, 2.24) is 19.5 Å². The zero-order valence-electron chi connectivity index (χ0n) is 18.2. The molecule has 9 nitrogen and oxygen atoms in total. The summed E-state index contributed by atoms with van der Waals surface area (Å²) in [7, 11) is 0. The molecule has 3 heterocycles. The van der Waals surface area contributed by atoms with E-state index in [2.05, 4.69) is 25.6 Å². The molecule has 0 aromatic carbocycles. The number of rotatable bonds is 9. The van der Waals surface area contributed by atoms with E-state index in [9.17, 15) is 9.90 Å². The second-order valence-electron chi connectivity index (χ2n) is 8.43. The first-order chi connectivity index (χ1) is 14.8. The highest BCUT2D eigenvalue weighted by atomic mass is 16.3. The van der Waals surface area contributed by atoms with Gasteiger partial charge in [-0.25, -0.2) is 15.0 Å². The predicted octanol–water partition coefficient (Wildman–Crippen LogP) is 2.45. The van der Waals surface area contributed by atoms with Gasteiger partial charge in [0.05, 0.1) is 12.0 Å². The van der Waals surface area contributed by atoms with E-state index < -0.39 is 0 Å². The summed E-state index contributed by atoms with van der Waals surface area (Å²) in [6, 6.07) is 5.51. The van der Waals surface area contributed by atoms with Crippen molar-refractivity contribution >= 4 is 28.2 Å². The normalized spacial score (nSPS) is 11.6. The molecule has 0 bridgehead atoms. The highest BCUT2D eigenvalue weighted by Crippen LogP contribution is 2.26. The van der Waals surface area contributed by atoms with Gasteiger partial charge in [0.2, 0.25) is 0 Å². The van der Waals surface area contributed by atoms with Gasteiger partial charge < -0.3 is 25.4 Å². The number of nitrogens with one attached hydrogen (secondary N) is 2. The fourth-order valence-electron chi connectivity index (χ4n) is 3.25. The predicted molar refractivity (Wildman–Crippen MR) is 122 cm³/mol. The third kappa shape index (κ3) is 5.99. The zero-order chi connectivity index (χ0) is 22.4. The molecule has 31 heavy (non-hydrogen) atoms. The van der Waals surface area contributed by atoms with Crippen LogP contribution in [0, 0.1) is 0 Å². The quantitative estimate of drug-likeness (QED) is 0.385. The fraction of sp³-hybridized carbons (Fsp3) is 0.455. The maximum Gasteiger partial charge on any atom is 0.262 e. The van der Waals surface area contributed by atoms with E-state index in [-0.39, 0.29) is 30.9 Å². The van der Waals surface area contributed by atoms with Crippen LogP contribution >= 0.6 is 0 Å². The zero-order valence-corrected chi connectivity index (χ0v) is 18.2. The summed E-state index contributed by atoms with van der Waals surface area (Å²) in [6.07, 6.45) is 5.51. The number of aliphatic hydroxyl groups excluding tert-OH is 2. The molecule has 0 fully saturated rings. The number of aromatic nitrogens is 4. The van der Waals surface area contributed by atoms with Crippen LogP contribution in [0.15, 0.2) is 35.5 Å².